The van der Waals surface area contributed by atoms with Gasteiger partial charge in [0.05, 0.1) is 19.1 Å². The van der Waals surface area contributed by atoms with Crippen LogP contribution in [-0.4, -0.2) is 42.6 Å². The fraction of sp³-hybridized carbons (Fsp3) is 0.688. The zero-order chi connectivity index (χ0) is 15.2. The largest absolute Gasteiger partial charge is 0.472 e. The van der Waals surface area contributed by atoms with Gasteiger partial charge in [-0.2, -0.15) is 0 Å². The number of hydrogen-bond acceptors (Lipinski definition) is 3. The molecule has 1 saturated heterocycles. The monoisotopic (exact) mass is 292 g/mol. The van der Waals surface area contributed by atoms with E-state index in [9.17, 15) is 0 Å². The summed E-state index contributed by atoms with van der Waals surface area (Å²) in [5.74, 6) is 1.52. The Labute approximate surface area is 127 Å². The quantitative estimate of drug-likeness (QED) is 0.644. The van der Waals surface area contributed by atoms with Gasteiger partial charge in [0.1, 0.15) is 0 Å². The van der Waals surface area contributed by atoms with Crippen molar-refractivity contribution in [1.82, 2.24) is 15.5 Å². The third kappa shape index (κ3) is 4.49. The van der Waals surface area contributed by atoms with Crippen LogP contribution in [0.1, 0.15) is 33.3 Å². The molecule has 0 saturated carbocycles. The van der Waals surface area contributed by atoms with E-state index in [0.717, 1.165) is 31.2 Å². The summed E-state index contributed by atoms with van der Waals surface area (Å²) in [5.41, 5.74) is 1.09. The molecular weight excluding hydrogens is 264 g/mol. The average molecular weight is 292 g/mol. The van der Waals surface area contributed by atoms with Gasteiger partial charge in [0.15, 0.2) is 5.96 Å². The number of guanidine groups is 1. The minimum atomic E-state index is 0.453. The van der Waals surface area contributed by atoms with Gasteiger partial charge in [0.25, 0.3) is 0 Å². The summed E-state index contributed by atoms with van der Waals surface area (Å²) in [6, 6.07) is 3.01. The van der Waals surface area contributed by atoms with Crippen molar-refractivity contribution in [1.29, 1.82) is 0 Å². The normalized spacial score (nSPS) is 23.8. The smallest absolute Gasteiger partial charge is 0.191 e. The summed E-state index contributed by atoms with van der Waals surface area (Å²) in [5, 5.41) is 6.91. The summed E-state index contributed by atoms with van der Waals surface area (Å²) < 4.78 is 5.08. The van der Waals surface area contributed by atoms with Gasteiger partial charge >= 0.3 is 0 Å². The molecule has 0 aromatic carbocycles. The first-order valence-electron chi connectivity index (χ1n) is 7.90. The fourth-order valence-electron chi connectivity index (χ4n) is 2.66. The second-order valence-electron chi connectivity index (χ2n) is 6.10. The van der Waals surface area contributed by atoms with Gasteiger partial charge in [-0.05, 0) is 32.8 Å². The minimum Gasteiger partial charge on any atom is -0.472 e. The molecule has 2 N–H and O–H groups in total. The van der Waals surface area contributed by atoms with Crippen molar-refractivity contribution < 1.29 is 4.42 Å². The van der Waals surface area contributed by atoms with Gasteiger partial charge in [0, 0.05) is 37.3 Å². The topological polar surface area (TPSA) is 52.8 Å². The molecule has 5 heteroatoms. The lowest BCUT2D eigenvalue weighted by molar-refractivity contribution is 0.265. The first-order valence-corrected chi connectivity index (χ1v) is 7.90. The van der Waals surface area contributed by atoms with E-state index < -0.39 is 0 Å². The molecule has 0 amide bonds. The van der Waals surface area contributed by atoms with Gasteiger partial charge in [-0.25, -0.2) is 4.99 Å². The molecule has 118 valence electrons. The first kappa shape index (κ1) is 15.9. The van der Waals surface area contributed by atoms with Crippen LogP contribution in [0.4, 0.5) is 0 Å². The summed E-state index contributed by atoms with van der Waals surface area (Å²) in [4.78, 5) is 7.16. The first-order chi connectivity index (χ1) is 10.1. The van der Waals surface area contributed by atoms with Crippen molar-refractivity contribution in [3.8, 4) is 0 Å². The minimum absolute atomic E-state index is 0.453. The van der Waals surface area contributed by atoms with Crippen LogP contribution >= 0.6 is 0 Å². The fourth-order valence-corrected chi connectivity index (χ4v) is 2.66. The lowest BCUT2D eigenvalue weighted by Gasteiger charge is -2.21. The van der Waals surface area contributed by atoms with Crippen molar-refractivity contribution in [2.75, 3.05) is 19.6 Å². The highest BCUT2D eigenvalue weighted by molar-refractivity contribution is 5.80. The maximum Gasteiger partial charge on any atom is 0.191 e. The zero-order valence-corrected chi connectivity index (χ0v) is 13.6. The molecule has 2 atom stereocenters. The Balaban J connectivity index is 1.94. The Morgan fingerprint density at radius 1 is 1.48 bits per heavy atom. The van der Waals surface area contributed by atoms with Gasteiger partial charge in [0.2, 0.25) is 0 Å². The number of furan rings is 1. The third-order valence-electron chi connectivity index (χ3n) is 4.04. The van der Waals surface area contributed by atoms with Crippen LogP contribution in [0.5, 0.6) is 0 Å². The van der Waals surface area contributed by atoms with Gasteiger partial charge in [-0.15, -0.1) is 0 Å². The molecule has 0 spiro atoms. The molecule has 21 heavy (non-hydrogen) atoms. The van der Waals surface area contributed by atoms with E-state index >= 15 is 0 Å². The van der Waals surface area contributed by atoms with Crippen molar-refractivity contribution in [2.45, 2.75) is 46.3 Å². The van der Waals surface area contributed by atoms with Gasteiger partial charge in [-0.1, -0.05) is 6.92 Å². The summed E-state index contributed by atoms with van der Waals surface area (Å²) in [6.45, 7) is 12.6. The van der Waals surface area contributed by atoms with E-state index in [2.05, 4.69) is 48.2 Å². The van der Waals surface area contributed by atoms with E-state index in [1.807, 2.05) is 6.07 Å². The van der Waals surface area contributed by atoms with Crippen molar-refractivity contribution in [3.63, 3.8) is 0 Å². The number of aliphatic imine (C=N–C) groups is 1. The SMILES string of the molecule is CCNC(=NCc1ccoc1)NC1CN(C(C)C)CC1C. The van der Waals surface area contributed by atoms with Crippen LogP contribution in [0, 0.1) is 5.92 Å². The van der Waals surface area contributed by atoms with E-state index in [0.29, 0.717) is 24.5 Å². The van der Waals surface area contributed by atoms with Crippen LogP contribution in [0.15, 0.2) is 28.0 Å². The Morgan fingerprint density at radius 2 is 2.29 bits per heavy atom. The Bertz CT molecular complexity index is 441. The van der Waals surface area contributed by atoms with Crippen molar-refractivity contribution in [2.24, 2.45) is 10.9 Å². The molecule has 0 radical (unpaired) electrons. The molecule has 2 rings (SSSR count). The highest BCUT2D eigenvalue weighted by Gasteiger charge is 2.31. The number of likely N-dealkylation sites (tertiary alicyclic amines) is 1. The molecular formula is C16H28N4O. The van der Waals surface area contributed by atoms with Crippen LogP contribution < -0.4 is 10.6 Å². The van der Waals surface area contributed by atoms with Crippen LogP contribution in [0.25, 0.3) is 0 Å². The highest BCUT2D eigenvalue weighted by atomic mass is 16.3. The molecule has 1 aromatic heterocycles. The molecule has 0 bridgehead atoms. The van der Waals surface area contributed by atoms with E-state index in [4.69, 9.17) is 4.42 Å². The van der Waals surface area contributed by atoms with E-state index in [1.54, 1.807) is 12.5 Å². The standard InChI is InChI=1S/C16H28N4O/c1-5-17-16(18-8-14-6-7-21-11-14)19-15-10-20(12(2)3)9-13(15)4/h6-7,11-13,15H,5,8-10H2,1-4H3,(H2,17,18,19). The predicted molar refractivity (Wildman–Crippen MR) is 86.3 cm³/mol. The molecule has 5 nitrogen and oxygen atoms in total. The second-order valence-corrected chi connectivity index (χ2v) is 6.10. The maximum atomic E-state index is 5.08. The molecule has 1 aliphatic heterocycles. The lowest BCUT2D eigenvalue weighted by Crippen LogP contribution is -2.46. The summed E-state index contributed by atoms with van der Waals surface area (Å²) in [7, 11) is 0. The number of nitrogens with zero attached hydrogens (tertiary/aromatic N) is 2. The Morgan fingerprint density at radius 3 is 2.86 bits per heavy atom. The van der Waals surface area contributed by atoms with Crippen LogP contribution in [-0.2, 0) is 6.54 Å². The molecule has 0 aliphatic carbocycles. The highest BCUT2D eigenvalue weighted by Crippen LogP contribution is 2.18. The molecule has 1 fully saturated rings. The number of nitrogens with one attached hydrogen (secondary N) is 2. The number of hydrogen-bond donors (Lipinski definition) is 2. The summed E-state index contributed by atoms with van der Waals surface area (Å²) in [6.07, 6.45) is 3.43. The van der Waals surface area contributed by atoms with Crippen LogP contribution in [0.3, 0.4) is 0 Å². The number of rotatable bonds is 5. The molecule has 2 heterocycles. The third-order valence-corrected chi connectivity index (χ3v) is 4.04. The summed E-state index contributed by atoms with van der Waals surface area (Å²) >= 11 is 0. The van der Waals surface area contributed by atoms with Crippen molar-refractivity contribution >= 4 is 5.96 Å². The Hall–Kier alpha value is -1.49. The van der Waals surface area contributed by atoms with Gasteiger partial charge < -0.3 is 15.1 Å². The zero-order valence-electron chi connectivity index (χ0n) is 13.6. The molecule has 1 aliphatic rings. The van der Waals surface area contributed by atoms with Gasteiger partial charge in [-0.3, -0.25) is 4.90 Å². The lowest BCUT2D eigenvalue weighted by atomic mass is 10.1. The molecule has 1 aromatic rings. The Kier molecular flexibility index (Phi) is 5.67. The van der Waals surface area contributed by atoms with E-state index in [-0.39, 0.29) is 0 Å². The second kappa shape index (κ2) is 7.50. The average Bonchev–Trinajstić information content (AvgIpc) is 3.07. The van der Waals surface area contributed by atoms with E-state index in [1.165, 1.54) is 0 Å². The van der Waals surface area contributed by atoms with Crippen molar-refractivity contribution in [3.05, 3.63) is 24.2 Å². The van der Waals surface area contributed by atoms with Crippen LogP contribution in [0.2, 0.25) is 0 Å². The molecule has 2 unspecified atom stereocenters. The predicted octanol–water partition coefficient (Wildman–Crippen LogP) is 2.06. The maximum absolute atomic E-state index is 5.08.